The summed E-state index contributed by atoms with van der Waals surface area (Å²) in [7, 11) is 0. The molecule has 0 heterocycles. The van der Waals surface area contributed by atoms with Crippen LogP contribution in [0.3, 0.4) is 0 Å². The molecule has 3 aromatic rings. The van der Waals surface area contributed by atoms with Gasteiger partial charge in [0.05, 0.1) is 5.56 Å². The molecule has 6 heteroatoms. The summed E-state index contributed by atoms with van der Waals surface area (Å²) in [5, 5.41) is -0.176. The molecule has 3 rings (SSSR count). The lowest BCUT2D eigenvalue weighted by molar-refractivity contribution is 0.0728. The van der Waals surface area contributed by atoms with Crippen LogP contribution in [0.15, 0.2) is 42.5 Å². The number of esters is 1. The first-order valence-corrected chi connectivity index (χ1v) is 7.98. The summed E-state index contributed by atoms with van der Waals surface area (Å²) in [6.45, 7) is 1.96. The Hall–Kier alpha value is -2.89. The van der Waals surface area contributed by atoms with E-state index >= 15 is 0 Å². The summed E-state index contributed by atoms with van der Waals surface area (Å²) in [6, 6.07) is 8.59. The average molecular weight is 362 g/mol. The number of rotatable bonds is 4. The third-order valence-electron chi connectivity index (χ3n) is 3.95. The molecule has 0 aliphatic carbocycles. The summed E-state index contributed by atoms with van der Waals surface area (Å²) < 4.78 is 59.4. The van der Waals surface area contributed by atoms with Gasteiger partial charge in [-0.2, -0.15) is 0 Å². The SMILES string of the molecule is CCCc1ccc(OC(=O)c2ccc3c(F)c(F)c(F)cc3c2)c(F)c1. The number of aryl methyl sites for hydroxylation is 1. The summed E-state index contributed by atoms with van der Waals surface area (Å²) in [5.74, 6) is -6.09. The van der Waals surface area contributed by atoms with Crippen LogP contribution < -0.4 is 4.74 Å². The predicted octanol–water partition coefficient (Wildman–Crippen LogP) is 5.57. The maximum atomic E-state index is 14.0. The number of benzene rings is 3. The molecule has 0 amide bonds. The Balaban J connectivity index is 1.89. The zero-order chi connectivity index (χ0) is 18.8. The molecule has 0 bridgehead atoms. The topological polar surface area (TPSA) is 26.3 Å². The molecule has 0 saturated carbocycles. The number of halogens is 4. The third-order valence-corrected chi connectivity index (χ3v) is 3.95. The number of carbonyl (C=O) groups is 1. The van der Waals surface area contributed by atoms with Crippen molar-refractivity contribution in [1.29, 1.82) is 0 Å². The van der Waals surface area contributed by atoms with E-state index in [1.807, 2.05) is 6.92 Å². The molecule has 0 fully saturated rings. The zero-order valence-electron chi connectivity index (χ0n) is 13.8. The number of ether oxygens (including phenoxy) is 1. The summed E-state index contributed by atoms with van der Waals surface area (Å²) >= 11 is 0. The highest BCUT2D eigenvalue weighted by Gasteiger charge is 2.17. The van der Waals surface area contributed by atoms with E-state index in [9.17, 15) is 22.4 Å². The van der Waals surface area contributed by atoms with Crippen LogP contribution in [0.2, 0.25) is 0 Å². The van der Waals surface area contributed by atoms with Gasteiger partial charge in [-0.1, -0.05) is 25.5 Å². The van der Waals surface area contributed by atoms with Gasteiger partial charge < -0.3 is 4.74 Å². The second-order valence-electron chi connectivity index (χ2n) is 5.83. The lowest BCUT2D eigenvalue weighted by atomic mass is 10.1. The Kier molecular flexibility index (Phi) is 4.93. The summed E-state index contributed by atoms with van der Waals surface area (Å²) in [6.07, 6.45) is 1.55. The van der Waals surface area contributed by atoms with Crippen LogP contribution in [0.4, 0.5) is 17.6 Å². The van der Waals surface area contributed by atoms with Gasteiger partial charge in [0.15, 0.2) is 29.0 Å². The first-order valence-electron chi connectivity index (χ1n) is 7.98. The molecular weight excluding hydrogens is 348 g/mol. The molecule has 0 radical (unpaired) electrons. The highest BCUT2D eigenvalue weighted by molar-refractivity contribution is 5.96. The smallest absolute Gasteiger partial charge is 0.343 e. The van der Waals surface area contributed by atoms with E-state index in [0.29, 0.717) is 6.42 Å². The molecule has 0 aromatic heterocycles. The van der Waals surface area contributed by atoms with E-state index < -0.39 is 29.2 Å². The lowest BCUT2D eigenvalue weighted by Crippen LogP contribution is -2.10. The van der Waals surface area contributed by atoms with Crippen molar-refractivity contribution < 1.29 is 27.1 Å². The molecule has 0 aliphatic heterocycles. The Morgan fingerprint density at radius 1 is 0.923 bits per heavy atom. The van der Waals surface area contributed by atoms with Crippen molar-refractivity contribution in [2.24, 2.45) is 0 Å². The fourth-order valence-electron chi connectivity index (χ4n) is 2.66. The number of hydrogen-bond acceptors (Lipinski definition) is 2. The van der Waals surface area contributed by atoms with Gasteiger partial charge >= 0.3 is 5.97 Å². The van der Waals surface area contributed by atoms with E-state index in [-0.39, 0.29) is 22.1 Å². The van der Waals surface area contributed by atoms with Crippen molar-refractivity contribution in [2.75, 3.05) is 0 Å². The number of carbonyl (C=O) groups excluding carboxylic acids is 1. The second kappa shape index (κ2) is 7.15. The maximum Gasteiger partial charge on any atom is 0.343 e. The number of fused-ring (bicyclic) bond motifs is 1. The summed E-state index contributed by atoms with van der Waals surface area (Å²) in [4.78, 5) is 12.2. The first kappa shape index (κ1) is 17.9. The van der Waals surface area contributed by atoms with Gasteiger partial charge in [0.25, 0.3) is 0 Å². The van der Waals surface area contributed by atoms with Gasteiger partial charge in [-0.25, -0.2) is 22.4 Å². The average Bonchev–Trinajstić information content (AvgIpc) is 2.62. The molecule has 0 atom stereocenters. The molecule has 26 heavy (non-hydrogen) atoms. The van der Waals surface area contributed by atoms with Crippen molar-refractivity contribution >= 4 is 16.7 Å². The van der Waals surface area contributed by atoms with Crippen molar-refractivity contribution in [3.63, 3.8) is 0 Å². The third kappa shape index (κ3) is 3.40. The monoisotopic (exact) mass is 362 g/mol. The quantitative estimate of drug-likeness (QED) is 0.263. The largest absolute Gasteiger partial charge is 0.420 e. The van der Waals surface area contributed by atoms with E-state index in [1.54, 1.807) is 6.07 Å². The molecule has 0 aliphatic rings. The Morgan fingerprint density at radius 2 is 1.69 bits per heavy atom. The molecule has 134 valence electrons. The minimum Gasteiger partial charge on any atom is -0.420 e. The van der Waals surface area contributed by atoms with Crippen LogP contribution in [-0.4, -0.2) is 5.97 Å². The van der Waals surface area contributed by atoms with Gasteiger partial charge in [0, 0.05) is 5.39 Å². The first-order chi connectivity index (χ1) is 12.4. The van der Waals surface area contributed by atoms with Crippen LogP contribution in [0.5, 0.6) is 5.75 Å². The molecule has 0 N–H and O–H groups in total. The number of hydrogen-bond donors (Lipinski definition) is 0. The Bertz CT molecular complexity index is 999. The van der Waals surface area contributed by atoms with Crippen molar-refractivity contribution in [3.05, 3.63) is 76.9 Å². The molecular formula is C20H14F4O2. The standard InChI is InChI=1S/C20H14F4O2/c1-2-3-11-4-7-17(15(21)8-11)26-20(25)12-5-6-14-13(9-12)10-16(22)19(24)18(14)23/h4-10H,2-3H2,1H3. The fraction of sp³-hybridized carbons (Fsp3) is 0.150. The fourth-order valence-corrected chi connectivity index (χ4v) is 2.66. The Labute approximate surface area is 147 Å². The predicted molar refractivity (Wildman–Crippen MR) is 89.2 cm³/mol. The van der Waals surface area contributed by atoms with E-state index in [4.69, 9.17) is 4.74 Å². The van der Waals surface area contributed by atoms with E-state index in [1.165, 1.54) is 18.2 Å². The molecule has 0 saturated heterocycles. The van der Waals surface area contributed by atoms with Crippen LogP contribution >= 0.6 is 0 Å². The molecule has 2 nitrogen and oxygen atoms in total. The van der Waals surface area contributed by atoms with Crippen LogP contribution in [0, 0.1) is 23.3 Å². The normalized spacial score (nSPS) is 11.0. The van der Waals surface area contributed by atoms with Gasteiger partial charge in [-0.3, -0.25) is 0 Å². The highest BCUT2D eigenvalue weighted by atomic mass is 19.2. The minimum atomic E-state index is -1.58. The van der Waals surface area contributed by atoms with Crippen molar-refractivity contribution in [1.82, 2.24) is 0 Å². The van der Waals surface area contributed by atoms with Gasteiger partial charge in [0.2, 0.25) is 0 Å². The molecule has 3 aromatic carbocycles. The molecule has 0 unspecified atom stereocenters. The Morgan fingerprint density at radius 3 is 2.38 bits per heavy atom. The van der Waals surface area contributed by atoms with Crippen molar-refractivity contribution in [3.8, 4) is 5.75 Å². The highest BCUT2D eigenvalue weighted by Crippen LogP contribution is 2.25. The minimum absolute atomic E-state index is 0.00499. The van der Waals surface area contributed by atoms with Crippen LogP contribution in [-0.2, 0) is 6.42 Å². The van der Waals surface area contributed by atoms with Gasteiger partial charge in [-0.05, 0) is 47.7 Å². The van der Waals surface area contributed by atoms with E-state index in [2.05, 4.69) is 0 Å². The lowest BCUT2D eigenvalue weighted by Gasteiger charge is -2.08. The van der Waals surface area contributed by atoms with Crippen LogP contribution in [0.25, 0.3) is 10.8 Å². The zero-order valence-corrected chi connectivity index (χ0v) is 13.8. The maximum absolute atomic E-state index is 14.0. The summed E-state index contributed by atoms with van der Waals surface area (Å²) in [5.41, 5.74) is 0.739. The molecule has 0 spiro atoms. The van der Waals surface area contributed by atoms with Gasteiger partial charge in [0.1, 0.15) is 0 Å². The second-order valence-corrected chi connectivity index (χ2v) is 5.83. The van der Waals surface area contributed by atoms with E-state index in [0.717, 1.165) is 30.2 Å². The van der Waals surface area contributed by atoms with Gasteiger partial charge in [-0.15, -0.1) is 0 Å². The van der Waals surface area contributed by atoms with Crippen LogP contribution in [0.1, 0.15) is 29.3 Å². The van der Waals surface area contributed by atoms with Crippen molar-refractivity contribution in [2.45, 2.75) is 19.8 Å².